The van der Waals surface area contributed by atoms with Crippen molar-refractivity contribution in [1.82, 2.24) is 14.5 Å². The number of aryl methyl sites for hydroxylation is 2. The number of carbonyl (C=O) groups excluding carboxylic acids is 2. The smallest absolute Gasteiger partial charge is 0.373 e. The van der Waals surface area contributed by atoms with Crippen molar-refractivity contribution >= 4 is 22.1 Å². The molecule has 2 heterocycles. The van der Waals surface area contributed by atoms with Crippen molar-refractivity contribution in [2.75, 3.05) is 0 Å². The first-order valence-electron chi connectivity index (χ1n) is 5.98. The van der Waals surface area contributed by atoms with E-state index in [1.807, 2.05) is 17.7 Å². The van der Waals surface area contributed by atoms with Crippen LogP contribution in [0, 0.1) is 0 Å². The summed E-state index contributed by atoms with van der Waals surface area (Å²) in [7, 11) is 0. The first-order valence-corrected chi connectivity index (χ1v) is 6.77. The lowest BCUT2D eigenvalue weighted by Gasteiger charge is -2.07. The van der Waals surface area contributed by atoms with Gasteiger partial charge < -0.3 is 5.11 Å². The van der Waals surface area contributed by atoms with E-state index in [9.17, 15) is 5.11 Å². The predicted octanol–water partition coefficient (Wildman–Crippen LogP) is 2.28. The topological polar surface area (TPSA) is 85.1 Å². The number of pyridine rings is 1. The summed E-state index contributed by atoms with van der Waals surface area (Å²) in [5.74, 6) is 1.58. The SMILES string of the molecule is CCc1cn(-c2ncc(Br)cc2O)c(CC)n1.O=C=O. The minimum Gasteiger partial charge on any atom is -0.504 e. The first-order chi connectivity index (χ1) is 9.57. The highest BCUT2D eigenvalue weighted by atomic mass is 79.9. The molecule has 0 saturated carbocycles. The van der Waals surface area contributed by atoms with Gasteiger partial charge >= 0.3 is 6.15 Å². The van der Waals surface area contributed by atoms with Crippen LogP contribution < -0.4 is 0 Å². The molecule has 0 aliphatic heterocycles. The van der Waals surface area contributed by atoms with Crippen molar-refractivity contribution in [2.45, 2.75) is 26.7 Å². The molecule has 0 atom stereocenters. The van der Waals surface area contributed by atoms with Gasteiger partial charge in [-0.1, -0.05) is 13.8 Å². The average Bonchev–Trinajstić information content (AvgIpc) is 2.83. The molecule has 0 aromatic carbocycles. The van der Waals surface area contributed by atoms with Gasteiger partial charge in [-0.3, -0.25) is 4.57 Å². The van der Waals surface area contributed by atoms with Crippen LogP contribution in [0.1, 0.15) is 25.4 Å². The van der Waals surface area contributed by atoms with Gasteiger partial charge in [0.05, 0.1) is 5.69 Å². The molecule has 0 fully saturated rings. The molecule has 0 unspecified atom stereocenters. The predicted molar refractivity (Wildman–Crippen MR) is 74.5 cm³/mol. The van der Waals surface area contributed by atoms with Gasteiger partial charge in [-0.05, 0) is 28.4 Å². The molecule has 0 saturated heterocycles. The minimum absolute atomic E-state index is 0.147. The van der Waals surface area contributed by atoms with E-state index >= 15 is 0 Å². The lowest BCUT2D eigenvalue weighted by atomic mass is 10.4. The standard InChI is InChI=1S/C12H14BrN3O.CO2/c1-3-9-7-16(11(4-2)15-9)12-10(17)5-8(13)6-14-12;2-1-3/h5-7,17H,3-4H2,1-2H3;. The summed E-state index contributed by atoms with van der Waals surface area (Å²) in [6, 6.07) is 1.63. The van der Waals surface area contributed by atoms with Crippen LogP contribution in [0.15, 0.2) is 22.9 Å². The zero-order chi connectivity index (χ0) is 15.1. The van der Waals surface area contributed by atoms with Crippen molar-refractivity contribution in [3.05, 3.63) is 34.5 Å². The molecule has 106 valence electrons. The summed E-state index contributed by atoms with van der Waals surface area (Å²) in [5.41, 5.74) is 1.01. The van der Waals surface area contributed by atoms with Gasteiger partial charge in [0.2, 0.25) is 0 Å². The second kappa shape index (κ2) is 7.57. The van der Waals surface area contributed by atoms with Crippen LogP contribution in [0.5, 0.6) is 5.75 Å². The Morgan fingerprint density at radius 1 is 1.35 bits per heavy atom. The number of halogens is 1. The summed E-state index contributed by atoms with van der Waals surface area (Å²) in [4.78, 5) is 25.0. The Bertz CT molecular complexity index is 619. The number of imidazole rings is 1. The van der Waals surface area contributed by atoms with Crippen molar-refractivity contribution in [2.24, 2.45) is 0 Å². The second-order valence-electron chi connectivity index (χ2n) is 3.81. The zero-order valence-corrected chi connectivity index (χ0v) is 12.7. The van der Waals surface area contributed by atoms with Gasteiger partial charge in [0.15, 0.2) is 11.6 Å². The highest BCUT2D eigenvalue weighted by Gasteiger charge is 2.12. The molecule has 20 heavy (non-hydrogen) atoms. The van der Waals surface area contributed by atoms with E-state index < -0.39 is 0 Å². The number of rotatable bonds is 3. The third kappa shape index (κ3) is 3.76. The van der Waals surface area contributed by atoms with Crippen LogP contribution in [-0.2, 0) is 22.4 Å². The number of nitrogens with zero attached hydrogens (tertiary/aromatic N) is 3. The Hall–Kier alpha value is -1.98. The maximum atomic E-state index is 9.91. The van der Waals surface area contributed by atoms with E-state index in [1.54, 1.807) is 12.3 Å². The summed E-state index contributed by atoms with van der Waals surface area (Å²) >= 11 is 3.28. The van der Waals surface area contributed by atoms with Gasteiger partial charge in [-0.2, -0.15) is 9.59 Å². The minimum atomic E-state index is 0.147. The van der Waals surface area contributed by atoms with Gasteiger partial charge in [-0.15, -0.1) is 0 Å². The zero-order valence-electron chi connectivity index (χ0n) is 11.1. The summed E-state index contributed by atoms with van der Waals surface area (Å²) < 4.78 is 2.60. The fourth-order valence-electron chi connectivity index (χ4n) is 1.68. The molecule has 7 heteroatoms. The largest absolute Gasteiger partial charge is 0.504 e. The Labute approximate surface area is 124 Å². The molecule has 0 radical (unpaired) electrons. The molecule has 2 aromatic heterocycles. The molecule has 1 N–H and O–H groups in total. The highest BCUT2D eigenvalue weighted by molar-refractivity contribution is 9.10. The molecule has 2 rings (SSSR count). The Balaban J connectivity index is 0.000000612. The summed E-state index contributed by atoms with van der Waals surface area (Å²) in [5, 5.41) is 9.91. The molecule has 2 aromatic rings. The molecule has 0 aliphatic carbocycles. The number of aromatic hydroxyl groups is 1. The fourth-order valence-corrected chi connectivity index (χ4v) is 2.00. The van der Waals surface area contributed by atoms with Gasteiger partial charge in [0, 0.05) is 23.3 Å². The van der Waals surface area contributed by atoms with Crippen molar-refractivity contribution < 1.29 is 14.7 Å². The lowest BCUT2D eigenvalue weighted by Crippen LogP contribution is -2.01. The Morgan fingerprint density at radius 2 is 2.00 bits per heavy atom. The van der Waals surface area contributed by atoms with E-state index in [0.717, 1.165) is 28.8 Å². The molecular weight excluding hydrogens is 326 g/mol. The van der Waals surface area contributed by atoms with E-state index in [-0.39, 0.29) is 11.9 Å². The lowest BCUT2D eigenvalue weighted by molar-refractivity contribution is -0.191. The maximum Gasteiger partial charge on any atom is 0.373 e. The van der Waals surface area contributed by atoms with Crippen LogP contribution in [0.4, 0.5) is 0 Å². The second-order valence-corrected chi connectivity index (χ2v) is 4.72. The van der Waals surface area contributed by atoms with Crippen LogP contribution in [0.3, 0.4) is 0 Å². The number of aromatic nitrogens is 3. The number of hydrogen-bond acceptors (Lipinski definition) is 5. The van der Waals surface area contributed by atoms with Crippen LogP contribution in [0.2, 0.25) is 0 Å². The first kappa shape index (κ1) is 16.1. The van der Waals surface area contributed by atoms with Gasteiger partial charge in [0.25, 0.3) is 0 Å². The van der Waals surface area contributed by atoms with Crippen molar-refractivity contribution in [3.8, 4) is 11.6 Å². The van der Waals surface area contributed by atoms with Crippen LogP contribution >= 0.6 is 15.9 Å². The molecule has 0 spiro atoms. The Morgan fingerprint density at radius 3 is 2.50 bits per heavy atom. The van der Waals surface area contributed by atoms with E-state index in [2.05, 4.69) is 32.8 Å². The monoisotopic (exact) mass is 339 g/mol. The van der Waals surface area contributed by atoms with E-state index in [1.165, 1.54) is 0 Å². The summed E-state index contributed by atoms with van der Waals surface area (Å²) in [6.45, 7) is 4.09. The van der Waals surface area contributed by atoms with Gasteiger partial charge in [-0.25, -0.2) is 9.97 Å². The molecule has 6 nitrogen and oxygen atoms in total. The Kier molecular flexibility index (Phi) is 6.09. The molecule has 0 bridgehead atoms. The van der Waals surface area contributed by atoms with E-state index in [0.29, 0.717) is 5.82 Å². The maximum absolute atomic E-state index is 9.91. The quantitative estimate of drug-likeness (QED) is 0.927. The van der Waals surface area contributed by atoms with Gasteiger partial charge in [0.1, 0.15) is 5.82 Å². The normalized spacial score (nSPS) is 9.55. The molecular formula is C13H14BrN3O3. The summed E-state index contributed by atoms with van der Waals surface area (Å²) in [6.07, 6.45) is 5.52. The third-order valence-electron chi connectivity index (χ3n) is 2.55. The average molecular weight is 340 g/mol. The van der Waals surface area contributed by atoms with Crippen LogP contribution in [-0.4, -0.2) is 25.8 Å². The highest BCUT2D eigenvalue weighted by Crippen LogP contribution is 2.24. The third-order valence-corrected chi connectivity index (χ3v) is 2.98. The van der Waals surface area contributed by atoms with E-state index in [4.69, 9.17) is 9.59 Å². The molecule has 0 amide bonds. The number of hydrogen-bond donors (Lipinski definition) is 1. The fraction of sp³-hybridized carbons (Fsp3) is 0.308. The van der Waals surface area contributed by atoms with Crippen LogP contribution in [0.25, 0.3) is 5.82 Å². The van der Waals surface area contributed by atoms with Crippen molar-refractivity contribution in [3.63, 3.8) is 0 Å². The molecule has 0 aliphatic rings. The van der Waals surface area contributed by atoms with Crippen molar-refractivity contribution in [1.29, 1.82) is 0 Å².